The molecule has 5 N–H and O–H groups in total. The molecule has 0 aliphatic carbocycles. The van der Waals surface area contributed by atoms with Gasteiger partial charge in [-0.25, -0.2) is 9.67 Å². The lowest BCUT2D eigenvalue weighted by molar-refractivity contribution is -0.0588. The van der Waals surface area contributed by atoms with Crippen LogP contribution in [0.3, 0.4) is 0 Å². The highest BCUT2D eigenvalue weighted by molar-refractivity contribution is 5.94. The summed E-state index contributed by atoms with van der Waals surface area (Å²) in [6, 6.07) is 0. The number of hydrogen-bond acceptors (Lipinski definition) is 8. The first-order valence-corrected chi connectivity index (χ1v) is 5.34. The van der Waals surface area contributed by atoms with E-state index in [-0.39, 0.29) is 11.7 Å². The number of nitrogens with zero attached hydrogens (tertiary/aromatic N) is 5. The number of amidine groups is 1. The predicted molar refractivity (Wildman–Crippen MR) is 59.4 cm³/mol. The smallest absolute Gasteiger partial charge is 0.217 e. The van der Waals surface area contributed by atoms with Gasteiger partial charge in [-0.2, -0.15) is 10.3 Å². The molecule has 102 valence electrons. The standard InChI is InChI=1S/C9H12N6O4/c10-2-12-7(11)8-13-3-15(14-8)9-6(18)5(17)4(1-16)19-9/h3-6,9,16-18H,1H2,(H2,11,12)/t4-,5-,6-,9?/m1/s1. The van der Waals surface area contributed by atoms with E-state index in [0.717, 1.165) is 4.68 Å². The molecular weight excluding hydrogens is 256 g/mol. The van der Waals surface area contributed by atoms with Crippen molar-refractivity contribution in [3.05, 3.63) is 12.2 Å². The van der Waals surface area contributed by atoms with Crippen molar-refractivity contribution < 1.29 is 20.1 Å². The van der Waals surface area contributed by atoms with Crippen molar-refractivity contribution in [3.8, 4) is 6.19 Å². The third-order valence-corrected chi connectivity index (χ3v) is 2.69. The zero-order chi connectivity index (χ0) is 14.0. The largest absolute Gasteiger partial charge is 0.394 e. The topological polar surface area (TPSA) is 163 Å². The van der Waals surface area contributed by atoms with Crippen LogP contribution < -0.4 is 5.73 Å². The summed E-state index contributed by atoms with van der Waals surface area (Å²) in [7, 11) is 0. The SMILES string of the molecule is N#CN=C(N)c1ncn(C2O[C@H](CO)[C@@H](O)[C@H]2O)n1. The Bertz CT molecular complexity index is 523. The summed E-state index contributed by atoms with van der Waals surface area (Å²) < 4.78 is 6.38. The molecule has 1 fully saturated rings. The van der Waals surface area contributed by atoms with E-state index in [1.807, 2.05) is 0 Å². The maximum Gasteiger partial charge on any atom is 0.217 e. The van der Waals surface area contributed by atoms with Crippen LogP contribution in [0, 0.1) is 11.5 Å². The first-order chi connectivity index (χ1) is 9.08. The molecule has 2 rings (SSSR count). The predicted octanol–water partition coefficient (Wildman–Crippen LogP) is -2.92. The minimum absolute atomic E-state index is 0.000659. The molecule has 1 aliphatic rings. The Balaban J connectivity index is 2.20. The first kappa shape index (κ1) is 13.4. The number of aliphatic hydroxyl groups is 3. The summed E-state index contributed by atoms with van der Waals surface area (Å²) in [6.45, 7) is -0.436. The van der Waals surface area contributed by atoms with E-state index >= 15 is 0 Å². The van der Waals surface area contributed by atoms with Gasteiger partial charge in [0.25, 0.3) is 0 Å². The Morgan fingerprint density at radius 3 is 2.89 bits per heavy atom. The van der Waals surface area contributed by atoms with Crippen LogP contribution >= 0.6 is 0 Å². The van der Waals surface area contributed by atoms with Crippen LogP contribution in [0.25, 0.3) is 0 Å². The Morgan fingerprint density at radius 1 is 1.58 bits per heavy atom. The molecule has 0 aromatic carbocycles. The molecule has 1 aromatic heterocycles. The third kappa shape index (κ3) is 2.40. The van der Waals surface area contributed by atoms with Gasteiger partial charge >= 0.3 is 0 Å². The van der Waals surface area contributed by atoms with Crippen molar-refractivity contribution in [2.24, 2.45) is 10.7 Å². The van der Waals surface area contributed by atoms with Crippen LogP contribution in [0.2, 0.25) is 0 Å². The Labute approximate surface area is 107 Å². The number of aliphatic imine (C=N–C) groups is 1. The molecule has 10 nitrogen and oxygen atoms in total. The molecule has 1 aliphatic heterocycles. The van der Waals surface area contributed by atoms with Gasteiger partial charge in [0.2, 0.25) is 12.0 Å². The van der Waals surface area contributed by atoms with E-state index in [1.54, 1.807) is 0 Å². The van der Waals surface area contributed by atoms with Crippen molar-refractivity contribution in [2.45, 2.75) is 24.5 Å². The van der Waals surface area contributed by atoms with Crippen molar-refractivity contribution in [3.63, 3.8) is 0 Å². The van der Waals surface area contributed by atoms with Gasteiger partial charge in [-0.1, -0.05) is 0 Å². The number of rotatable bonds is 3. The Morgan fingerprint density at radius 2 is 2.32 bits per heavy atom. The fourth-order valence-corrected chi connectivity index (χ4v) is 1.72. The summed E-state index contributed by atoms with van der Waals surface area (Å²) in [4.78, 5) is 7.07. The average molecular weight is 268 g/mol. The number of aliphatic hydroxyl groups excluding tert-OH is 3. The number of nitrogens with two attached hydrogens (primary N) is 1. The van der Waals surface area contributed by atoms with E-state index in [4.69, 9.17) is 20.8 Å². The highest BCUT2D eigenvalue weighted by Gasteiger charge is 2.43. The van der Waals surface area contributed by atoms with E-state index in [1.165, 1.54) is 12.5 Å². The quantitative estimate of drug-likeness (QED) is 0.257. The normalized spacial score (nSPS) is 31.4. The summed E-state index contributed by atoms with van der Waals surface area (Å²) in [6.07, 6.45) is -1.68. The van der Waals surface area contributed by atoms with Crippen molar-refractivity contribution in [2.75, 3.05) is 6.61 Å². The second-order valence-corrected chi connectivity index (χ2v) is 3.87. The zero-order valence-electron chi connectivity index (χ0n) is 9.66. The fourth-order valence-electron chi connectivity index (χ4n) is 1.72. The summed E-state index contributed by atoms with van der Waals surface area (Å²) in [5.74, 6) is -0.174. The number of aromatic nitrogens is 3. The van der Waals surface area contributed by atoms with Gasteiger partial charge in [-0.15, -0.1) is 5.10 Å². The van der Waals surface area contributed by atoms with Crippen molar-refractivity contribution in [1.29, 1.82) is 5.26 Å². The molecule has 10 heteroatoms. The van der Waals surface area contributed by atoms with Gasteiger partial charge in [0.05, 0.1) is 6.61 Å². The van der Waals surface area contributed by atoms with Crippen molar-refractivity contribution >= 4 is 5.84 Å². The third-order valence-electron chi connectivity index (χ3n) is 2.69. The Hall–Kier alpha value is -2.06. The second-order valence-electron chi connectivity index (χ2n) is 3.87. The molecule has 19 heavy (non-hydrogen) atoms. The number of hydrogen-bond donors (Lipinski definition) is 4. The van der Waals surface area contributed by atoms with Crippen LogP contribution in [0.15, 0.2) is 11.3 Å². The van der Waals surface area contributed by atoms with Crippen LogP contribution in [0.5, 0.6) is 0 Å². The van der Waals surface area contributed by atoms with Crippen LogP contribution in [-0.2, 0) is 4.74 Å². The van der Waals surface area contributed by atoms with E-state index in [2.05, 4.69) is 15.1 Å². The van der Waals surface area contributed by atoms with Gasteiger partial charge in [-0.05, 0) is 0 Å². The molecule has 1 saturated heterocycles. The van der Waals surface area contributed by atoms with Crippen LogP contribution in [0.4, 0.5) is 0 Å². The van der Waals surface area contributed by atoms with Gasteiger partial charge in [-0.3, -0.25) is 0 Å². The first-order valence-electron chi connectivity index (χ1n) is 5.34. The molecule has 0 saturated carbocycles. The average Bonchev–Trinajstić information content (AvgIpc) is 2.97. The lowest BCUT2D eigenvalue weighted by atomic mass is 10.1. The molecule has 2 heterocycles. The minimum atomic E-state index is -1.26. The summed E-state index contributed by atoms with van der Waals surface area (Å²) in [5, 5.41) is 40.6. The number of ether oxygens (including phenoxy) is 1. The van der Waals surface area contributed by atoms with E-state index in [9.17, 15) is 10.2 Å². The maximum absolute atomic E-state index is 9.78. The highest BCUT2D eigenvalue weighted by Crippen LogP contribution is 2.28. The molecule has 4 atom stereocenters. The molecule has 1 unspecified atom stereocenters. The zero-order valence-corrected chi connectivity index (χ0v) is 9.66. The molecule has 0 amide bonds. The Kier molecular flexibility index (Phi) is 3.72. The monoisotopic (exact) mass is 268 g/mol. The second kappa shape index (κ2) is 5.29. The van der Waals surface area contributed by atoms with E-state index < -0.39 is 31.1 Å². The lowest BCUT2D eigenvalue weighted by Crippen LogP contribution is -2.33. The summed E-state index contributed by atoms with van der Waals surface area (Å²) in [5.41, 5.74) is 5.43. The van der Waals surface area contributed by atoms with Gasteiger partial charge in [0.15, 0.2) is 12.1 Å². The molecule has 1 aromatic rings. The van der Waals surface area contributed by atoms with Gasteiger partial charge in [0, 0.05) is 0 Å². The summed E-state index contributed by atoms with van der Waals surface area (Å²) >= 11 is 0. The molecule has 0 bridgehead atoms. The van der Waals surface area contributed by atoms with Crippen molar-refractivity contribution in [1.82, 2.24) is 14.8 Å². The fraction of sp³-hybridized carbons (Fsp3) is 0.556. The molecular formula is C9H12N6O4. The minimum Gasteiger partial charge on any atom is -0.394 e. The highest BCUT2D eigenvalue weighted by atomic mass is 16.6. The van der Waals surface area contributed by atoms with Gasteiger partial charge in [0.1, 0.15) is 24.6 Å². The maximum atomic E-state index is 9.78. The lowest BCUT2D eigenvalue weighted by Gasteiger charge is -2.13. The molecule has 0 spiro atoms. The number of nitriles is 1. The van der Waals surface area contributed by atoms with Crippen LogP contribution in [-0.4, -0.2) is 60.8 Å². The van der Waals surface area contributed by atoms with Crippen LogP contribution in [0.1, 0.15) is 12.1 Å². The molecule has 0 radical (unpaired) electrons. The van der Waals surface area contributed by atoms with E-state index in [0.29, 0.717) is 0 Å². The van der Waals surface area contributed by atoms with Gasteiger partial charge < -0.3 is 25.8 Å².